The number of nitrogens with one attached hydrogen (secondary N) is 1. The normalized spacial score (nSPS) is 16.8. The van der Waals surface area contributed by atoms with Crippen LogP contribution < -0.4 is 11.1 Å². The van der Waals surface area contributed by atoms with E-state index in [1.165, 1.54) is 0 Å². The molecule has 0 saturated heterocycles. The van der Waals surface area contributed by atoms with Crippen molar-refractivity contribution in [2.45, 2.75) is 31.7 Å². The molecule has 1 fully saturated rings. The summed E-state index contributed by atoms with van der Waals surface area (Å²) in [7, 11) is 0. The first-order valence-corrected chi connectivity index (χ1v) is 4.82. The molecule has 0 radical (unpaired) electrons. The van der Waals surface area contributed by atoms with E-state index in [2.05, 4.69) is 5.32 Å². The zero-order chi connectivity index (χ0) is 11.4. The van der Waals surface area contributed by atoms with Crippen molar-refractivity contribution in [3.05, 3.63) is 0 Å². The first-order chi connectivity index (χ1) is 7.00. The molecule has 0 aromatic rings. The molecule has 0 aromatic carbocycles. The maximum absolute atomic E-state index is 11.3. The molecule has 1 aliphatic carbocycles. The van der Waals surface area contributed by atoms with Crippen LogP contribution in [0.4, 0.5) is 0 Å². The zero-order valence-electron chi connectivity index (χ0n) is 8.23. The number of amides is 2. The zero-order valence-corrected chi connectivity index (χ0v) is 8.23. The number of carboxylic acid groups (broad SMARTS) is 1. The summed E-state index contributed by atoms with van der Waals surface area (Å²) in [5.74, 6) is -1.92. The second-order valence-corrected chi connectivity index (χ2v) is 3.67. The van der Waals surface area contributed by atoms with Gasteiger partial charge in [0.15, 0.2) is 0 Å². The molecule has 0 aliphatic heterocycles. The van der Waals surface area contributed by atoms with Gasteiger partial charge in [0.25, 0.3) is 0 Å². The van der Waals surface area contributed by atoms with Gasteiger partial charge in [-0.25, -0.2) is 0 Å². The lowest BCUT2D eigenvalue weighted by atomic mass is 10.1. The van der Waals surface area contributed by atoms with Gasteiger partial charge in [-0.2, -0.15) is 0 Å². The average Bonchev–Trinajstić information content (AvgIpc) is 2.93. The number of aliphatic carboxylic acids is 1. The molecule has 1 rings (SSSR count). The van der Waals surface area contributed by atoms with Crippen molar-refractivity contribution in [2.24, 2.45) is 11.7 Å². The minimum absolute atomic E-state index is 0.0170. The number of carbonyl (C=O) groups excluding carboxylic acids is 2. The molecular formula is C9H14N2O4. The Labute approximate surface area is 86.8 Å². The third-order valence-corrected chi connectivity index (χ3v) is 2.25. The molecule has 0 aromatic heterocycles. The Kier molecular flexibility index (Phi) is 3.65. The van der Waals surface area contributed by atoms with E-state index in [9.17, 15) is 14.4 Å². The van der Waals surface area contributed by atoms with Gasteiger partial charge in [-0.1, -0.05) is 0 Å². The molecule has 15 heavy (non-hydrogen) atoms. The van der Waals surface area contributed by atoms with E-state index in [-0.39, 0.29) is 24.7 Å². The number of nitrogens with two attached hydrogens (primary N) is 1. The van der Waals surface area contributed by atoms with Crippen molar-refractivity contribution in [3.63, 3.8) is 0 Å². The number of carbonyl (C=O) groups is 3. The number of rotatable bonds is 6. The van der Waals surface area contributed by atoms with Crippen molar-refractivity contribution in [2.75, 3.05) is 0 Å². The van der Waals surface area contributed by atoms with E-state index >= 15 is 0 Å². The van der Waals surface area contributed by atoms with Crippen LogP contribution in [0.15, 0.2) is 0 Å². The van der Waals surface area contributed by atoms with Crippen molar-refractivity contribution in [3.8, 4) is 0 Å². The van der Waals surface area contributed by atoms with Crippen LogP contribution in [0.2, 0.25) is 0 Å². The van der Waals surface area contributed by atoms with Gasteiger partial charge in [0, 0.05) is 12.3 Å². The smallest absolute Gasteiger partial charge is 0.303 e. The van der Waals surface area contributed by atoms with Gasteiger partial charge in [-0.15, -0.1) is 0 Å². The van der Waals surface area contributed by atoms with Crippen LogP contribution in [0.25, 0.3) is 0 Å². The SMILES string of the molecule is NC(=O)[C@H](CCC(=O)O)NC(=O)C1CC1. The molecule has 1 saturated carbocycles. The molecule has 84 valence electrons. The Morgan fingerprint density at radius 3 is 2.40 bits per heavy atom. The summed E-state index contributed by atoms with van der Waals surface area (Å²) < 4.78 is 0. The summed E-state index contributed by atoms with van der Waals surface area (Å²) in [4.78, 5) is 32.5. The summed E-state index contributed by atoms with van der Waals surface area (Å²) in [6.45, 7) is 0. The van der Waals surface area contributed by atoms with Gasteiger partial charge < -0.3 is 16.2 Å². The van der Waals surface area contributed by atoms with Gasteiger partial charge in [0.2, 0.25) is 11.8 Å². The molecule has 6 heteroatoms. The first-order valence-electron chi connectivity index (χ1n) is 4.82. The molecule has 2 amide bonds. The van der Waals surface area contributed by atoms with Gasteiger partial charge >= 0.3 is 5.97 Å². The van der Waals surface area contributed by atoms with Crippen LogP contribution in [0.1, 0.15) is 25.7 Å². The number of carboxylic acids is 1. The molecule has 6 nitrogen and oxygen atoms in total. The van der Waals surface area contributed by atoms with Crippen LogP contribution in [-0.2, 0) is 14.4 Å². The van der Waals surface area contributed by atoms with Gasteiger partial charge in [0.1, 0.15) is 6.04 Å². The van der Waals surface area contributed by atoms with E-state index in [0.29, 0.717) is 0 Å². The summed E-state index contributed by atoms with van der Waals surface area (Å²) in [6.07, 6.45) is 1.52. The Morgan fingerprint density at radius 1 is 1.40 bits per heavy atom. The average molecular weight is 214 g/mol. The Bertz CT molecular complexity index is 286. The summed E-state index contributed by atoms with van der Waals surface area (Å²) in [5, 5.41) is 10.9. The molecule has 0 unspecified atom stereocenters. The number of primary amides is 1. The van der Waals surface area contributed by atoms with Crippen molar-refractivity contribution in [1.82, 2.24) is 5.32 Å². The maximum atomic E-state index is 11.3. The van der Waals surface area contributed by atoms with Crippen LogP contribution in [-0.4, -0.2) is 28.9 Å². The Morgan fingerprint density at radius 2 is 2.00 bits per heavy atom. The molecule has 4 N–H and O–H groups in total. The fourth-order valence-corrected chi connectivity index (χ4v) is 1.19. The predicted molar refractivity (Wildman–Crippen MR) is 50.7 cm³/mol. The maximum Gasteiger partial charge on any atom is 0.303 e. The second-order valence-electron chi connectivity index (χ2n) is 3.67. The van der Waals surface area contributed by atoms with Crippen molar-refractivity contribution in [1.29, 1.82) is 0 Å². The van der Waals surface area contributed by atoms with Crippen LogP contribution in [0.5, 0.6) is 0 Å². The van der Waals surface area contributed by atoms with E-state index < -0.39 is 17.9 Å². The minimum atomic E-state index is -1.01. The van der Waals surface area contributed by atoms with Crippen LogP contribution in [0.3, 0.4) is 0 Å². The molecule has 0 heterocycles. The van der Waals surface area contributed by atoms with E-state index in [1.807, 2.05) is 0 Å². The lowest BCUT2D eigenvalue weighted by Crippen LogP contribution is -2.45. The molecule has 0 spiro atoms. The minimum Gasteiger partial charge on any atom is -0.481 e. The third-order valence-electron chi connectivity index (χ3n) is 2.25. The monoisotopic (exact) mass is 214 g/mol. The van der Waals surface area contributed by atoms with Gasteiger partial charge in [-0.05, 0) is 19.3 Å². The fourth-order valence-electron chi connectivity index (χ4n) is 1.19. The highest BCUT2D eigenvalue weighted by Gasteiger charge is 2.32. The lowest BCUT2D eigenvalue weighted by molar-refractivity contribution is -0.137. The highest BCUT2D eigenvalue weighted by molar-refractivity contribution is 5.88. The summed E-state index contributed by atoms with van der Waals surface area (Å²) >= 11 is 0. The Hall–Kier alpha value is -1.59. The molecule has 0 bridgehead atoms. The predicted octanol–water partition coefficient (Wildman–Crippen LogP) is -0.769. The Balaban J connectivity index is 2.38. The van der Waals surface area contributed by atoms with E-state index in [1.54, 1.807) is 0 Å². The third kappa shape index (κ3) is 3.97. The van der Waals surface area contributed by atoms with E-state index in [0.717, 1.165) is 12.8 Å². The van der Waals surface area contributed by atoms with Crippen LogP contribution in [0, 0.1) is 5.92 Å². The van der Waals surface area contributed by atoms with E-state index in [4.69, 9.17) is 10.8 Å². The van der Waals surface area contributed by atoms with Crippen molar-refractivity contribution >= 4 is 17.8 Å². The molecular weight excluding hydrogens is 200 g/mol. The first kappa shape index (κ1) is 11.5. The standard InChI is InChI=1S/C9H14N2O4/c10-8(14)6(3-4-7(12)13)11-9(15)5-1-2-5/h5-6H,1-4H2,(H2,10,14)(H,11,15)(H,12,13)/t6-/m0/s1. The lowest BCUT2D eigenvalue weighted by Gasteiger charge is -2.13. The highest BCUT2D eigenvalue weighted by Crippen LogP contribution is 2.28. The highest BCUT2D eigenvalue weighted by atomic mass is 16.4. The second kappa shape index (κ2) is 4.77. The topological polar surface area (TPSA) is 109 Å². The van der Waals surface area contributed by atoms with Crippen molar-refractivity contribution < 1.29 is 19.5 Å². The van der Waals surface area contributed by atoms with Gasteiger partial charge in [-0.3, -0.25) is 14.4 Å². The fraction of sp³-hybridized carbons (Fsp3) is 0.667. The summed E-state index contributed by atoms with van der Waals surface area (Å²) in [6, 6.07) is -0.866. The quantitative estimate of drug-likeness (QED) is 0.539. The van der Waals surface area contributed by atoms with Crippen LogP contribution >= 0.6 is 0 Å². The van der Waals surface area contributed by atoms with Gasteiger partial charge in [0.05, 0.1) is 0 Å². The molecule has 1 atom stereocenters. The number of hydrogen-bond donors (Lipinski definition) is 3. The molecule has 1 aliphatic rings. The number of hydrogen-bond acceptors (Lipinski definition) is 3. The largest absolute Gasteiger partial charge is 0.481 e. The summed E-state index contributed by atoms with van der Waals surface area (Å²) in [5.41, 5.74) is 5.05.